The number of methoxy groups -OCH3 is 2. The fourth-order valence-electron chi connectivity index (χ4n) is 3.63. The summed E-state index contributed by atoms with van der Waals surface area (Å²) in [5.41, 5.74) is 4.02. The maximum Gasteiger partial charge on any atom is 0.345 e. The Hall–Kier alpha value is -4.44. The number of fused-ring (bicyclic) bond motifs is 2. The second-order valence-electron chi connectivity index (χ2n) is 7.50. The molecule has 9 nitrogen and oxygen atoms in total. The van der Waals surface area contributed by atoms with Gasteiger partial charge in [-0.3, -0.25) is 5.43 Å². The van der Waals surface area contributed by atoms with Crippen LogP contribution in [0.3, 0.4) is 0 Å². The van der Waals surface area contributed by atoms with Gasteiger partial charge in [-0.05, 0) is 31.2 Å². The quantitative estimate of drug-likeness (QED) is 0.204. The normalized spacial score (nSPS) is 11.7. The van der Waals surface area contributed by atoms with Crippen LogP contribution in [0, 0.1) is 0 Å². The molecule has 0 aliphatic rings. The SMILES string of the molecule is COc1cccc2cc(/C(C)=N/Nc3nc(-c4cc5cccc(OC)c5oc4=O)cs3)c(=O)oc12. The first kappa shape index (κ1) is 22.4. The van der Waals surface area contributed by atoms with Crippen LogP contribution in [0.1, 0.15) is 12.5 Å². The highest BCUT2D eigenvalue weighted by atomic mass is 32.1. The average Bonchev–Trinajstić information content (AvgIpc) is 3.34. The van der Waals surface area contributed by atoms with Gasteiger partial charge in [0.2, 0.25) is 5.13 Å². The fourth-order valence-corrected chi connectivity index (χ4v) is 4.28. The largest absolute Gasteiger partial charge is 0.493 e. The number of ether oxygens (including phenoxy) is 2. The first-order chi connectivity index (χ1) is 17.0. The highest BCUT2D eigenvalue weighted by Gasteiger charge is 2.15. The maximum atomic E-state index is 12.6. The van der Waals surface area contributed by atoms with Crippen LogP contribution in [0.2, 0.25) is 0 Å². The Morgan fingerprint density at radius 1 is 0.943 bits per heavy atom. The van der Waals surface area contributed by atoms with Crippen LogP contribution < -0.4 is 26.2 Å². The molecular weight excluding hydrogens is 470 g/mol. The summed E-state index contributed by atoms with van der Waals surface area (Å²) in [5.74, 6) is 0.957. The Balaban J connectivity index is 1.43. The molecule has 35 heavy (non-hydrogen) atoms. The molecule has 0 atom stereocenters. The number of hydrogen-bond acceptors (Lipinski definition) is 10. The molecule has 176 valence electrons. The van der Waals surface area contributed by atoms with Crippen molar-refractivity contribution < 1.29 is 18.3 Å². The Bertz CT molecular complexity index is 1720. The number of nitrogens with one attached hydrogen (secondary N) is 1. The second-order valence-corrected chi connectivity index (χ2v) is 8.36. The highest BCUT2D eigenvalue weighted by Crippen LogP contribution is 2.29. The first-order valence-electron chi connectivity index (χ1n) is 10.5. The molecule has 5 aromatic rings. The molecule has 0 aliphatic carbocycles. The molecule has 0 radical (unpaired) electrons. The van der Waals surface area contributed by atoms with E-state index in [0.717, 1.165) is 5.39 Å². The topological polar surface area (TPSA) is 116 Å². The van der Waals surface area contributed by atoms with Crippen molar-refractivity contribution in [3.05, 3.63) is 80.3 Å². The number of hydrogen-bond donors (Lipinski definition) is 1. The minimum Gasteiger partial charge on any atom is -0.493 e. The van der Waals surface area contributed by atoms with Gasteiger partial charge in [0.1, 0.15) is 0 Å². The van der Waals surface area contributed by atoms with Gasteiger partial charge in [0.05, 0.1) is 36.8 Å². The molecule has 0 saturated heterocycles. The molecule has 0 unspecified atom stereocenters. The van der Waals surface area contributed by atoms with Crippen molar-refractivity contribution in [2.24, 2.45) is 5.10 Å². The van der Waals surface area contributed by atoms with E-state index < -0.39 is 11.3 Å². The van der Waals surface area contributed by atoms with Gasteiger partial charge in [0.15, 0.2) is 22.7 Å². The summed E-state index contributed by atoms with van der Waals surface area (Å²) < 4.78 is 21.5. The summed E-state index contributed by atoms with van der Waals surface area (Å²) in [6.07, 6.45) is 0. The van der Waals surface area contributed by atoms with Gasteiger partial charge in [-0.1, -0.05) is 24.3 Å². The van der Waals surface area contributed by atoms with E-state index in [2.05, 4.69) is 15.5 Å². The van der Waals surface area contributed by atoms with Crippen molar-refractivity contribution >= 4 is 44.1 Å². The molecule has 0 aliphatic heterocycles. The van der Waals surface area contributed by atoms with Crippen molar-refractivity contribution in [2.45, 2.75) is 6.92 Å². The zero-order valence-electron chi connectivity index (χ0n) is 18.9. The minimum absolute atomic E-state index is 0.305. The van der Waals surface area contributed by atoms with Gasteiger partial charge < -0.3 is 18.3 Å². The number of rotatable bonds is 6. The van der Waals surface area contributed by atoms with E-state index in [-0.39, 0.29) is 0 Å². The predicted octanol–water partition coefficient (Wildman–Crippen LogP) is 4.88. The molecule has 0 spiro atoms. The number of benzene rings is 2. The summed E-state index contributed by atoms with van der Waals surface area (Å²) in [5, 5.41) is 7.88. The summed E-state index contributed by atoms with van der Waals surface area (Å²) >= 11 is 1.26. The first-order valence-corrected chi connectivity index (χ1v) is 11.3. The lowest BCUT2D eigenvalue weighted by atomic mass is 10.1. The van der Waals surface area contributed by atoms with Crippen molar-refractivity contribution in [2.75, 3.05) is 19.6 Å². The van der Waals surface area contributed by atoms with E-state index >= 15 is 0 Å². The monoisotopic (exact) mass is 489 g/mol. The third-order valence-electron chi connectivity index (χ3n) is 5.38. The number of thiazole rings is 1. The van der Waals surface area contributed by atoms with Crippen LogP contribution in [0.15, 0.2) is 77.4 Å². The number of anilines is 1. The molecule has 3 heterocycles. The van der Waals surface area contributed by atoms with E-state index in [1.165, 1.54) is 25.6 Å². The van der Waals surface area contributed by atoms with E-state index in [0.29, 0.717) is 55.7 Å². The van der Waals surface area contributed by atoms with E-state index in [4.69, 9.17) is 18.3 Å². The van der Waals surface area contributed by atoms with Crippen molar-refractivity contribution in [1.29, 1.82) is 0 Å². The Morgan fingerprint density at radius 3 is 2.23 bits per heavy atom. The molecule has 0 bridgehead atoms. The summed E-state index contributed by atoms with van der Waals surface area (Å²) in [6.45, 7) is 1.69. The minimum atomic E-state index is -0.533. The summed E-state index contributed by atoms with van der Waals surface area (Å²) in [6, 6.07) is 14.1. The lowest BCUT2D eigenvalue weighted by Gasteiger charge is -2.06. The molecule has 10 heteroatoms. The molecule has 2 aromatic carbocycles. The predicted molar refractivity (Wildman–Crippen MR) is 135 cm³/mol. The molecule has 1 N–H and O–H groups in total. The molecular formula is C25H19N3O6S. The standard InChI is InChI=1S/C25H19N3O6S/c1-13(16-10-14-6-4-8-19(31-2)21(14)33-23(16)29)27-28-25-26-18(12-35-25)17-11-15-7-5-9-20(32-3)22(15)34-24(17)30/h4-12H,1-3H3,(H,26,28)/b27-13+. The van der Waals surface area contributed by atoms with Gasteiger partial charge in [-0.15, -0.1) is 11.3 Å². The smallest absolute Gasteiger partial charge is 0.345 e. The number of para-hydroxylation sites is 2. The second kappa shape index (κ2) is 9.07. The zero-order chi connectivity index (χ0) is 24.5. The van der Waals surface area contributed by atoms with Crippen LogP contribution in [0.4, 0.5) is 5.13 Å². The third kappa shape index (κ3) is 4.15. The van der Waals surface area contributed by atoms with Crippen molar-refractivity contribution in [3.63, 3.8) is 0 Å². The van der Waals surface area contributed by atoms with Gasteiger partial charge in [0, 0.05) is 16.2 Å². The lowest BCUT2D eigenvalue weighted by molar-refractivity contribution is 0.406. The van der Waals surface area contributed by atoms with Gasteiger partial charge in [-0.25, -0.2) is 14.6 Å². The lowest BCUT2D eigenvalue weighted by Crippen LogP contribution is -2.13. The van der Waals surface area contributed by atoms with Crippen LogP contribution >= 0.6 is 11.3 Å². The summed E-state index contributed by atoms with van der Waals surface area (Å²) in [7, 11) is 3.03. The third-order valence-corrected chi connectivity index (χ3v) is 6.12. The number of hydrazone groups is 1. The number of aromatic nitrogens is 1. The maximum absolute atomic E-state index is 12.6. The Kier molecular flexibility index (Phi) is 5.79. The van der Waals surface area contributed by atoms with E-state index in [1.54, 1.807) is 36.6 Å². The van der Waals surface area contributed by atoms with Crippen molar-refractivity contribution in [3.8, 4) is 22.8 Å². The van der Waals surface area contributed by atoms with Crippen LogP contribution in [-0.4, -0.2) is 24.9 Å². The van der Waals surface area contributed by atoms with E-state index in [9.17, 15) is 9.59 Å². The molecule has 0 fully saturated rings. The molecule has 0 amide bonds. The van der Waals surface area contributed by atoms with Gasteiger partial charge >= 0.3 is 11.3 Å². The van der Waals surface area contributed by atoms with Crippen LogP contribution in [0.25, 0.3) is 33.2 Å². The Labute approximate surface area is 202 Å². The van der Waals surface area contributed by atoms with Crippen LogP contribution in [-0.2, 0) is 0 Å². The number of nitrogens with zero attached hydrogens (tertiary/aromatic N) is 2. The average molecular weight is 490 g/mol. The van der Waals surface area contributed by atoms with E-state index in [1.807, 2.05) is 24.3 Å². The highest BCUT2D eigenvalue weighted by molar-refractivity contribution is 7.14. The van der Waals surface area contributed by atoms with Crippen LogP contribution in [0.5, 0.6) is 11.5 Å². The van der Waals surface area contributed by atoms with Gasteiger partial charge in [-0.2, -0.15) is 5.10 Å². The van der Waals surface area contributed by atoms with Gasteiger partial charge in [0.25, 0.3) is 0 Å². The molecule has 3 aromatic heterocycles. The molecule has 5 rings (SSSR count). The summed E-state index contributed by atoms with van der Waals surface area (Å²) in [4.78, 5) is 29.6. The molecule has 0 saturated carbocycles. The zero-order valence-corrected chi connectivity index (χ0v) is 19.8. The van der Waals surface area contributed by atoms with Crippen molar-refractivity contribution in [1.82, 2.24) is 4.98 Å². The fraction of sp³-hybridized carbons (Fsp3) is 0.120. The Morgan fingerprint density at radius 2 is 1.57 bits per heavy atom.